The minimum absolute atomic E-state index is 0.184. The van der Waals surface area contributed by atoms with Crippen LogP contribution < -0.4 is 9.64 Å². The van der Waals surface area contributed by atoms with Crippen molar-refractivity contribution in [2.24, 2.45) is 0 Å². The van der Waals surface area contributed by atoms with Gasteiger partial charge >= 0.3 is 0 Å². The van der Waals surface area contributed by atoms with Crippen LogP contribution in [0.25, 0.3) is 22.2 Å². The summed E-state index contributed by atoms with van der Waals surface area (Å²) in [5.41, 5.74) is 2.72. The lowest BCUT2D eigenvalue weighted by molar-refractivity contribution is -0.00545. The van der Waals surface area contributed by atoms with E-state index in [1.807, 2.05) is 25.3 Å². The van der Waals surface area contributed by atoms with Gasteiger partial charge in [0.1, 0.15) is 11.5 Å². The number of aromatic amines is 1. The van der Waals surface area contributed by atoms with Gasteiger partial charge in [-0.15, -0.1) is 0 Å². The molecule has 4 heterocycles. The van der Waals surface area contributed by atoms with Crippen molar-refractivity contribution in [1.82, 2.24) is 20.2 Å². The van der Waals surface area contributed by atoms with Crippen LogP contribution in [0.4, 0.5) is 5.82 Å². The molecule has 7 nitrogen and oxygen atoms in total. The van der Waals surface area contributed by atoms with E-state index in [0.29, 0.717) is 12.5 Å². The van der Waals surface area contributed by atoms with Crippen molar-refractivity contribution in [3.8, 4) is 17.1 Å². The molecule has 3 aromatic heterocycles. The van der Waals surface area contributed by atoms with Gasteiger partial charge in [0.2, 0.25) is 5.88 Å². The maximum absolute atomic E-state index is 5.83. The summed E-state index contributed by atoms with van der Waals surface area (Å²) >= 11 is 0. The van der Waals surface area contributed by atoms with Crippen LogP contribution in [-0.2, 0) is 4.74 Å². The highest BCUT2D eigenvalue weighted by Crippen LogP contribution is 2.33. The van der Waals surface area contributed by atoms with Gasteiger partial charge in [-0.3, -0.25) is 5.10 Å². The normalized spacial score (nSPS) is 20.5. The molecule has 7 heteroatoms. The number of aromatic nitrogens is 4. The van der Waals surface area contributed by atoms with E-state index in [1.54, 1.807) is 6.20 Å². The van der Waals surface area contributed by atoms with Crippen LogP contribution in [0.3, 0.4) is 0 Å². The van der Waals surface area contributed by atoms with E-state index in [9.17, 15) is 0 Å². The molecule has 1 fully saturated rings. The lowest BCUT2D eigenvalue weighted by atomic mass is 10.1. The predicted molar refractivity (Wildman–Crippen MR) is 101 cm³/mol. The van der Waals surface area contributed by atoms with Crippen molar-refractivity contribution in [3.63, 3.8) is 0 Å². The van der Waals surface area contributed by atoms with Crippen molar-refractivity contribution in [3.05, 3.63) is 30.6 Å². The van der Waals surface area contributed by atoms with Gasteiger partial charge in [-0.2, -0.15) is 5.10 Å². The molecule has 2 unspecified atom stereocenters. The number of ether oxygens (including phenoxy) is 2. The summed E-state index contributed by atoms with van der Waals surface area (Å²) < 4.78 is 11.5. The average Bonchev–Trinajstić information content (AvgIpc) is 3.06. The quantitative estimate of drug-likeness (QED) is 0.777. The SMILES string of the molecule is CCOc1nccc2[nH]nc(-c3ccnc(N4CC(C)OC(C)C4)c3)c12. The van der Waals surface area contributed by atoms with Crippen LogP contribution in [0, 0.1) is 0 Å². The third-order valence-electron chi connectivity index (χ3n) is 4.48. The van der Waals surface area contributed by atoms with Crippen LogP contribution in [0.5, 0.6) is 5.88 Å². The van der Waals surface area contributed by atoms with E-state index in [1.165, 1.54) is 0 Å². The van der Waals surface area contributed by atoms with Crippen molar-refractivity contribution < 1.29 is 9.47 Å². The second-order valence-electron chi connectivity index (χ2n) is 6.61. The van der Waals surface area contributed by atoms with Gasteiger partial charge in [0.15, 0.2) is 0 Å². The first-order valence-electron chi connectivity index (χ1n) is 8.98. The molecule has 0 bridgehead atoms. The fourth-order valence-corrected chi connectivity index (χ4v) is 3.50. The van der Waals surface area contributed by atoms with E-state index >= 15 is 0 Å². The number of nitrogens with one attached hydrogen (secondary N) is 1. The highest BCUT2D eigenvalue weighted by molar-refractivity contribution is 5.96. The lowest BCUT2D eigenvalue weighted by Gasteiger charge is -2.36. The zero-order valence-corrected chi connectivity index (χ0v) is 15.3. The molecule has 1 aliphatic heterocycles. The molecule has 0 aliphatic carbocycles. The number of fused-ring (bicyclic) bond motifs is 1. The zero-order chi connectivity index (χ0) is 18.1. The summed E-state index contributed by atoms with van der Waals surface area (Å²) in [7, 11) is 0. The Kier molecular flexibility index (Phi) is 4.46. The minimum Gasteiger partial charge on any atom is -0.477 e. The van der Waals surface area contributed by atoms with Gasteiger partial charge in [-0.25, -0.2) is 9.97 Å². The topological polar surface area (TPSA) is 76.2 Å². The lowest BCUT2D eigenvalue weighted by Crippen LogP contribution is -2.45. The van der Waals surface area contributed by atoms with Crippen LogP contribution in [0.15, 0.2) is 30.6 Å². The third-order valence-corrected chi connectivity index (χ3v) is 4.48. The standard InChI is InChI=1S/C19H23N5O2/c1-4-25-19-17-15(6-8-21-19)22-23-18(17)14-5-7-20-16(9-14)24-10-12(2)26-13(3)11-24/h5-9,12-13H,4,10-11H2,1-3H3,(H,22,23). The summed E-state index contributed by atoms with van der Waals surface area (Å²) in [6.45, 7) is 8.34. The van der Waals surface area contributed by atoms with Crippen molar-refractivity contribution in [1.29, 1.82) is 0 Å². The summed E-state index contributed by atoms with van der Waals surface area (Å²) in [5, 5.41) is 8.48. The number of hydrogen-bond acceptors (Lipinski definition) is 6. The second kappa shape index (κ2) is 6.92. The molecule has 0 aromatic carbocycles. The zero-order valence-electron chi connectivity index (χ0n) is 15.3. The Hall–Kier alpha value is -2.67. The molecule has 26 heavy (non-hydrogen) atoms. The molecule has 136 valence electrons. The van der Waals surface area contributed by atoms with E-state index in [4.69, 9.17) is 9.47 Å². The number of hydrogen-bond donors (Lipinski definition) is 1. The highest BCUT2D eigenvalue weighted by Gasteiger charge is 2.24. The van der Waals surface area contributed by atoms with Gasteiger partial charge < -0.3 is 14.4 Å². The van der Waals surface area contributed by atoms with Gasteiger partial charge in [0.25, 0.3) is 0 Å². The van der Waals surface area contributed by atoms with Gasteiger partial charge in [0, 0.05) is 31.0 Å². The van der Waals surface area contributed by atoms with Crippen LogP contribution in [-0.4, -0.2) is 52.1 Å². The molecule has 1 saturated heterocycles. The Morgan fingerprint density at radius 1 is 1.19 bits per heavy atom. The smallest absolute Gasteiger partial charge is 0.225 e. The fourth-order valence-electron chi connectivity index (χ4n) is 3.50. The number of nitrogens with zero attached hydrogens (tertiary/aromatic N) is 4. The predicted octanol–water partition coefficient (Wildman–Crippen LogP) is 3.03. The van der Waals surface area contributed by atoms with Crippen LogP contribution in [0.2, 0.25) is 0 Å². The minimum atomic E-state index is 0.184. The Balaban J connectivity index is 1.74. The fraction of sp³-hybridized carbons (Fsp3) is 0.421. The molecule has 0 amide bonds. The van der Waals surface area contributed by atoms with E-state index in [0.717, 1.165) is 41.1 Å². The molecule has 1 aliphatic rings. The second-order valence-corrected chi connectivity index (χ2v) is 6.61. The molecule has 4 rings (SSSR count). The molecule has 3 aromatic rings. The number of rotatable bonds is 4. The summed E-state index contributed by atoms with van der Waals surface area (Å²) in [5.74, 6) is 1.53. The van der Waals surface area contributed by atoms with Crippen LogP contribution >= 0.6 is 0 Å². The largest absolute Gasteiger partial charge is 0.477 e. The number of H-pyrrole nitrogens is 1. The maximum Gasteiger partial charge on any atom is 0.225 e. The first-order chi connectivity index (χ1) is 12.7. The third kappa shape index (κ3) is 3.10. The molecule has 2 atom stereocenters. The number of pyridine rings is 2. The van der Waals surface area contributed by atoms with E-state index in [2.05, 4.69) is 45.0 Å². The Labute approximate surface area is 152 Å². The molecular formula is C19H23N5O2. The first-order valence-corrected chi connectivity index (χ1v) is 8.98. The maximum atomic E-state index is 5.83. The molecular weight excluding hydrogens is 330 g/mol. The van der Waals surface area contributed by atoms with Gasteiger partial charge in [0.05, 0.1) is 29.7 Å². The van der Waals surface area contributed by atoms with Gasteiger partial charge in [-0.05, 0) is 39.0 Å². The summed E-state index contributed by atoms with van der Waals surface area (Å²) in [6, 6.07) is 5.94. The first kappa shape index (κ1) is 16.8. The molecule has 0 radical (unpaired) electrons. The van der Waals surface area contributed by atoms with Crippen molar-refractivity contribution in [2.75, 3.05) is 24.6 Å². The Morgan fingerprint density at radius 3 is 2.73 bits per heavy atom. The van der Waals surface area contributed by atoms with Crippen molar-refractivity contribution >= 4 is 16.7 Å². The van der Waals surface area contributed by atoms with Crippen LogP contribution in [0.1, 0.15) is 20.8 Å². The molecule has 0 saturated carbocycles. The Bertz CT molecular complexity index is 900. The average molecular weight is 353 g/mol. The highest BCUT2D eigenvalue weighted by atomic mass is 16.5. The van der Waals surface area contributed by atoms with Gasteiger partial charge in [-0.1, -0.05) is 0 Å². The van der Waals surface area contributed by atoms with E-state index in [-0.39, 0.29) is 12.2 Å². The molecule has 0 spiro atoms. The summed E-state index contributed by atoms with van der Waals surface area (Å²) in [4.78, 5) is 11.2. The van der Waals surface area contributed by atoms with Crippen molar-refractivity contribution in [2.45, 2.75) is 33.0 Å². The molecule has 1 N–H and O–H groups in total. The number of morpholine rings is 1. The van der Waals surface area contributed by atoms with E-state index < -0.39 is 0 Å². The monoisotopic (exact) mass is 353 g/mol. The summed E-state index contributed by atoms with van der Waals surface area (Å²) in [6.07, 6.45) is 3.92. The Morgan fingerprint density at radius 2 is 1.96 bits per heavy atom. The number of anilines is 1.